The smallest absolute Gasteiger partial charge is 0.208 e. The van der Waals surface area contributed by atoms with Crippen LogP contribution in [-0.4, -0.2) is 42.4 Å². The first-order chi connectivity index (χ1) is 10.5. The minimum absolute atomic E-state index is 0.156. The molecule has 1 aliphatic heterocycles. The van der Waals surface area contributed by atoms with Crippen LogP contribution in [-0.2, 0) is 23.1 Å². The number of sulfonamides is 1. The Hall–Kier alpha value is -1.64. The van der Waals surface area contributed by atoms with Crippen molar-refractivity contribution >= 4 is 10.0 Å². The van der Waals surface area contributed by atoms with Crippen LogP contribution in [0.25, 0.3) is 0 Å². The average molecular weight is 324 g/mol. The lowest BCUT2D eigenvalue weighted by atomic mass is 10.1. The van der Waals surface area contributed by atoms with E-state index in [4.69, 9.17) is 4.42 Å². The molecule has 1 aliphatic rings. The Labute approximate surface area is 130 Å². The van der Waals surface area contributed by atoms with E-state index in [0.29, 0.717) is 13.0 Å². The molecule has 7 nitrogen and oxygen atoms in total. The van der Waals surface area contributed by atoms with Gasteiger partial charge in [-0.15, -0.1) is 0 Å². The average Bonchev–Trinajstić information content (AvgIpc) is 3.08. The second kappa shape index (κ2) is 6.23. The third-order valence-electron chi connectivity index (χ3n) is 3.75. The van der Waals surface area contributed by atoms with Crippen LogP contribution >= 0.6 is 0 Å². The van der Waals surface area contributed by atoms with Crippen molar-refractivity contribution in [2.45, 2.75) is 25.6 Å². The molecule has 0 saturated heterocycles. The monoisotopic (exact) mass is 324 g/mol. The van der Waals surface area contributed by atoms with Crippen LogP contribution in [0.3, 0.4) is 0 Å². The van der Waals surface area contributed by atoms with Gasteiger partial charge in [0, 0.05) is 25.8 Å². The summed E-state index contributed by atoms with van der Waals surface area (Å²) in [7, 11) is -3.15. The van der Waals surface area contributed by atoms with E-state index in [2.05, 4.69) is 14.7 Å². The Kier molecular flexibility index (Phi) is 4.32. The molecule has 2 aromatic rings. The Balaban J connectivity index is 1.66. The van der Waals surface area contributed by atoms with Crippen LogP contribution in [0.4, 0.5) is 0 Å². The molecule has 0 aliphatic carbocycles. The lowest BCUT2D eigenvalue weighted by molar-refractivity contribution is 0.152. The van der Waals surface area contributed by atoms with E-state index in [0.717, 1.165) is 31.1 Å². The summed E-state index contributed by atoms with van der Waals surface area (Å²) < 4.78 is 32.3. The zero-order chi connectivity index (χ0) is 15.6. The standard InChI is InChI=1S/C14H20N4O3S/c1-22(19,20)16-7-5-13-10-17(11-14-3-2-8-21-14)9-12-4-6-15-18(12)13/h2-4,6,8,13,16H,5,7,9-11H2,1H3/t13-/m1/s1. The van der Waals surface area contributed by atoms with E-state index in [1.165, 1.54) is 6.26 Å². The van der Waals surface area contributed by atoms with Gasteiger partial charge in [-0.2, -0.15) is 5.10 Å². The van der Waals surface area contributed by atoms with Gasteiger partial charge >= 0.3 is 0 Å². The summed E-state index contributed by atoms with van der Waals surface area (Å²) in [5, 5.41) is 4.37. The summed E-state index contributed by atoms with van der Waals surface area (Å²) in [5.74, 6) is 0.931. The van der Waals surface area contributed by atoms with E-state index >= 15 is 0 Å². The zero-order valence-electron chi connectivity index (χ0n) is 12.5. The van der Waals surface area contributed by atoms with Crippen molar-refractivity contribution in [1.82, 2.24) is 19.4 Å². The Morgan fingerprint density at radius 2 is 2.32 bits per heavy atom. The van der Waals surface area contributed by atoms with Crippen molar-refractivity contribution in [3.05, 3.63) is 42.1 Å². The maximum atomic E-state index is 11.2. The highest BCUT2D eigenvalue weighted by atomic mass is 32.2. The van der Waals surface area contributed by atoms with Crippen molar-refractivity contribution in [3.8, 4) is 0 Å². The van der Waals surface area contributed by atoms with Crippen LogP contribution in [0.5, 0.6) is 0 Å². The molecule has 8 heteroatoms. The van der Waals surface area contributed by atoms with Gasteiger partial charge in [0.2, 0.25) is 10.0 Å². The number of nitrogens with one attached hydrogen (secondary N) is 1. The number of fused-ring (bicyclic) bond motifs is 1. The van der Waals surface area contributed by atoms with Crippen molar-refractivity contribution < 1.29 is 12.8 Å². The van der Waals surface area contributed by atoms with Crippen LogP contribution in [0.1, 0.15) is 23.9 Å². The quantitative estimate of drug-likeness (QED) is 0.856. The first-order valence-corrected chi connectivity index (χ1v) is 9.12. The fraction of sp³-hybridized carbons (Fsp3) is 0.500. The molecular weight excluding hydrogens is 304 g/mol. The first kappa shape index (κ1) is 15.3. The largest absolute Gasteiger partial charge is 0.468 e. The molecule has 0 fully saturated rings. The second-order valence-electron chi connectivity index (χ2n) is 5.63. The normalized spacial score (nSPS) is 19.2. The van der Waals surface area contributed by atoms with Crippen molar-refractivity contribution in [2.24, 2.45) is 0 Å². The maximum absolute atomic E-state index is 11.2. The number of hydrogen-bond donors (Lipinski definition) is 1. The Bertz CT molecular complexity index is 708. The van der Waals surface area contributed by atoms with E-state index in [1.54, 1.807) is 12.5 Å². The Morgan fingerprint density at radius 1 is 1.45 bits per heavy atom. The minimum Gasteiger partial charge on any atom is -0.468 e. The molecule has 3 heterocycles. The third-order valence-corrected chi connectivity index (χ3v) is 4.48. The number of nitrogens with zero attached hydrogens (tertiary/aromatic N) is 3. The van der Waals surface area contributed by atoms with E-state index in [9.17, 15) is 8.42 Å². The zero-order valence-corrected chi connectivity index (χ0v) is 13.3. The molecule has 0 bridgehead atoms. The van der Waals surface area contributed by atoms with Crippen molar-refractivity contribution in [2.75, 3.05) is 19.3 Å². The SMILES string of the molecule is CS(=O)(=O)NCC[C@@H]1CN(Cc2ccco2)Cc2ccnn21. The topological polar surface area (TPSA) is 80.4 Å². The summed E-state index contributed by atoms with van der Waals surface area (Å²) in [6, 6.07) is 6.01. The van der Waals surface area contributed by atoms with Gasteiger partial charge in [-0.1, -0.05) is 0 Å². The molecule has 3 rings (SSSR count). The van der Waals surface area contributed by atoms with Gasteiger partial charge < -0.3 is 4.42 Å². The minimum atomic E-state index is -3.15. The lowest BCUT2D eigenvalue weighted by Gasteiger charge is -2.33. The van der Waals surface area contributed by atoms with Crippen LogP contribution in [0.2, 0.25) is 0 Å². The lowest BCUT2D eigenvalue weighted by Crippen LogP contribution is -2.38. The molecular formula is C14H20N4O3S. The van der Waals surface area contributed by atoms with E-state index in [1.807, 2.05) is 22.9 Å². The third kappa shape index (κ3) is 3.76. The fourth-order valence-electron chi connectivity index (χ4n) is 2.83. The number of aromatic nitrogens is 2. The molecule has 2 aromatic heterocycles. The van der Waals surface area contributed by atoms with Crippen molar-refractivity contribution in [3.63, 3.8) is 0 Å². The first-order valence-electron chi connectivity index (χ1n) is 7.23. The van der Waals surface area contributed by atoms with Crippen LogP contribution in [0, 0.1) is 0 Å². The highest BCUT2D eigenvalue weighted by molar-refractivity contribution is 7.88. The molecule has 0 radical (unpaired) electrons. The molecule has 0 unspecified atom stereocenters. The molecule has 1 N–H and O–H groups in total. The summed E-state index contributed by atoms with van der Waals surface area (Å²) >= 11 is 0. The van der Waals surface area contributed by atoms with Gasteiger partial charge in [0.15, 0.2) is 0 Å². The summed E-state index contributed by atoms with van der Waals surface area (Å²) in [6.07, 6.45) is 5.35. The summed E-state index contributed by atoms with van der Waals surface area (Å²) in [4.78, 5) is 2.29. The number of rotatable bonds is 6. The number of furan rings is 1. The molecule has 0 spiro atoms. The summed E-state index contributed by atoms with van der Waals surface area (Å²) in [6.45, 7) is 2.79. The molecule has 0 aromatic carbocycles. The second-order valence-corrected chi connectivity index (χ2v) is 7.46. The maximum Gasteiger partial charge on any atom is 0.208 e. The highest BCUT2D eigenvalue weighted by Gasteiger charge is 2.25. The molecule has 0 amide bonds. The molecule has 1 atom stereocenters. The highest BCUT2D eigenvalue weighted by Crippen LogP contribution is 2.24. The predicted molar refractivity (Wildman–Crippen MR) is 81.5 cm³/mol. The number of hydrogen-bond acceptors (Lipinski definition) is 5. The van der Waals surface area contributed by atoms with E-state index < -0.39 is 10.0 Å². The Morgan fingerprint density at radius 3 is 3.05 bits per heavy atom. The van der Waals surface area contributed by atoms with Gasteiger partial charge in [0.1, 0.15) is 5.76 Å². The molecule has 120 valence electrons. The van der Waals surface area contributed by atoms with E-state index in [-0.39, 0.29) is 6.04 Å². The van der Waals surface area contributed by atoms with Gasteiger partial charge in [-0.05, 0) is 24.6 Å². The van der Waals surface area contributed by atoms with Gasteiger partial charge in [-0.3, -0.25) is 9.58 Å². The van der Waals surface area contributed by atoms with Crippen molar-refractivity contribution in [1.29, 1.82) is 0 Å². The molecule has 0 saturated carbocycles. The predicted octanol–water partition coefficient (Wildman–Crippen LogP) is 0.972. The van der Waals surface area contributed by atoms with Gasteiger partial charge in [0.05, 0.1) is 30.8 Å². The van der Waals surface area contributed by atoms with Gasteiger partial charge in [0.25, 0.3) is 0 Å². The van der Waals surface area contributed by atoms with Crippen LogP contribution in [0.15, 0.2) is 35.1 Å². The van der Waals surface area contributed by atoms with Crippen LogP contribution < -0.4 is 4.72 Å². The summed E-state index contributed by atoms with van der Waals surface area (Å²) in [5.41, 5.74) is 1.14. The van der Waals surface area contributed by atoms with Gasteiger partial charge in [-0.25, -0.2) is 13.1 Å². The fourth-order valence-corrected chi connectivity index (χ4v) is 3.32. The molecule has 22 heavy (non-hydrogen) atoms.